The lowest BCUT2D eigenvalue weighted by Gasteiger charge is -2.15. The number of carbonyl (C=O) groups excluding carboxylic acids is 2. The van der Waals surface area contributed by atoms with Gasteiger partial charge in [0.05, 0.1) is 0 Å². The van der Waals surface area contributed by atoms with E-state index in [1.807, 2.05) is 38.1 Å². The SMILES string of the molecule is Cc1cc(-c2ccc(NC(=O)[C@H]3CCCO3)c(C)c2)ccc1NC(=O)[C@@H]1CCCO1. The molecule has 2 heterocycles. The molecule has 2 N–H and O–H groups in total. The average Bonchev–Trinajstić information content (AvgIpc) is 3.45. The predicted molar refractivity (Wildman–Crippen MR) is 117 cm³/mol. The van der Waals surface area contributed by atoms with Crippen LogP contribution in [0.4, 0.5) is 11.4 Å². The molecule has 0 radical (unpaired) electrons. The summed E-state index contributed by atoms with van der Waals surface area (Å²) in [6.07, 6.45) is 2.72. The first kappa shape index (κ1) is 20.6. The van der Waals surface area contributed by atoms with E-state index in [1.54, 1.807) is 0 Å². The van der Waals surface area contributed by atoms with Crippen LogP contribution >= 0.6 is 0 Å². The van der Waals surface area contributed by atoms with Gasteiger partial charge in [0.1, 0.15) is 12.2 Å². The fourth-order valence-electron chi connectivity index (χ4n) is 3.96. The van der Waals surface area contributed by atoms with Gasteiger partial charge in [-0.1, -0.05) is 12.1 Å². The number of benzene rings is 2. The van der Waals surface area contributed by atoms with Crippen molar-refractivity contribution in [2.75, 3.05) is 23.8 Å². The molecule has 0 unspecified atom stereocenters. The van der Waals surface area contributed by atoms with Crippen LogP contribution in [-0.4, -0.2) is 37.2 Å². The fraction of sp³-hybridized carbons (Fsp3) is 0.417. The molecule has 2 aliphatic heterocycles. The summed E-state index contributed by atoms with van der Waals surface area (Å²) < 4.78 is 10.9. The molecule has 0 spiro atoms. The molecule has 0 bridgehead atoms. The van der Waals surface area contributed by atoms with Crippen molar-refractivity contribution < 1.29 is 19.1 Å². The van der Waals surface area contributed by atoms with Gasteiger partial charge in [0.25, 0.3) is 11.8 Å². The van der Waals surface area contributed by atoms with Crippen molar-refractivity contribution >= 4 is 23.2 Å². The van der Waals surface area contributed by atoms with E-state index in [2.05, 4.69) is 22.8 Å². The van der Waals surface area contributed by atoms with Crippen LogP contribution in [0.15, 0.2) is 36.4 Å². The number of nitrogens with one attached hydrogen (secondary N) is 2. The number of amides is 2. The third-order valence-corrected chi connectivity index (χ3v) is 5.75. The van der Waals surface area contributed by atoms with Crippen molar-refractivity contribution in [1.29, 1.82) is 0 Å². The number of ether oxygens (including phenoxy) is 2. The average molecular weight is 408 g/mol. The van der Waals surface area contributed by atoms with Gasteiger partial charge in [0.15, 0.2) is 0 Å². The van der Waals surface area contributed by atoms with Crippen molar-refractivity contribution in [1.82, 2.24) is 0 Å². The molecule has 2 aromatic carbocycles. The van der Waals surface area contributed by atoms with Gasteiger partial charge in [-0.05, 0) is 86.1 Å². The third-order valence-electron chi connectivity index (χ3n) is 5.75. The van der Waals surface area contributed by atoms with Gasteiger partial charge in [0, 0.05) is 24.6 Å². The first-order valence-electron chi connectivity index (χ1n) is 10.6. The molecule has 2 aromatic rings. The summed E-state index contributed by atoms with van der Waals surface area (Å²) in [5.41, 5.74) is 5.71. The minimum absolute atomic E-state index is 0.0782. The van der Waals surface area contributed by atoms with Crippen molar-refractivity contribution in [3.8, 4) is 11.1 Å². The second kappa shape index (κ2) is 8.98. The summed E-state index contributed by atoms with van der Waals surface area (Å²) in [4.78, 5) is 24.6. The zero-order valence-corrected chi connectivity index (χ0v) is 17.5. The van der Waals surface area contributed by atoms with E-state index >= 15 is 0 Å². The van der Waals surface area contributed by atoms with Crippen LogP contribution in [0.3, 0.4) is 0 Å². The Hall–Kier alpha value is -2.70. The molecule has 30 heavy (non-hydrogen) atoms. The molecule has 2 atom stereocenters. The fourth-order valence-corrected chi connectivity index (χ4v) is 3.96. The topological polar surface area (TPSA) is 76.7 Å². The maximum atomic E-state index is 12.3. The van der Waals surface area contributed by atoms with E-state index in [0.29, 0.717) is 13.2 Å². The zero-order valence-electron chi connectivity index (χ0n) is 17.5. The Kier molecular flexibility index (Phi) is 6.16. The molecule has 158 valence electrons. The zero-order chi connectivity index (χ0) is 21.1. The molecule has 0 saturated carbocycles. The number of anilines is 2. The van der Waals surface area contributed by atoms with Crippen molar-refractivity contribution in [2.24, 2.45) is 0 Å². The maximum absolute atomic E-state index is 12.3. The molecule has 6 heteroatoms. The van der Waals surface area contributed by atoms with Gasteiger partial charge in [-0.3, -0.25) is 9.59 Å². The summed E-state index contributed by atoms with van der Waals surface area (Å²) >= 11 is 0. The molecule has 2 amide bonds. The molecule has 0 aromatic heterocycles. The highest BCUT2D eigenvalue weighted by molar-refractivity contribution is 5.96. The lowest BCUT2D eigenvalue weighted by molar-refractivity contribution is -0.125. The molecule has 4 rings (SSSR count). The standard InChI is InChI=1S/C24H28N2O4/c1-15-13-17(7-9-19(15)25-23(27)21-5-3-11-29-21)18-8-10-20(16(2)14-18)26-24(28)22-6-4-12-30-22/h7-10,13-14,21-22H,3-6,11-12H2,1-2H3,(H,25,27)(H,26,28)/t21-,22+. The van der Waals surface area contributed by atoms with Gasteiger partial charge in [-0.25, -0.2) is 0 Å². The van der Waals surface area contributed by atoms with Crippen LogP contribution in [0.1, 0.15) is 36.8 Å². The number of rotatable bonds is 5. The molecular weight excluding hydrogens is 380 g/mol. The van der Waals surface area contributed by atoms with Crippen molar-refractivity contribution in [2.45, 2.75) is 51.7 Å². The Morgan fingerprint density at radius 1 is 0.767 bits per heavy atom. The first-order chi connectivity index (χ1) is 14.5. The molecule has 0 aliphatic carbocycles. The quantitative estimate of drug-likeness (QED) is 0.777. The number of aryl methyl sites for hydroxylation is 2. The first-order valence-corrected chi connectivity index (χ1v) is 10.6. The lowest BCUT2D eigenvalue weighted by Crippen LogP contribution is -2.27. The molecule has 6 nitrogen and oxygen atoms in total. The summed E-state index contributed by atoms with van der Waals surface area (Å²) in [6.45, 7) is 5.27. The second-order valence-corrected chi connectivity index (χ2v) is 8.04. The van der Waals surface area contributed by atoms with Crippen LogP contribution in [0.5, 0.6) is 0 Å². The van der Waals surface area contributed by atoms with Crippen LogP contribution < -0.4 is 10.6 Å². The molecule has 2 aliphatic rings. The largest absolute Gasteiger partial charge is 0.368 e. The Balaban J connectivity index is 1.45. The minimum Gasteiger partial charge on any atom is -0.368 e. The number of carbonyl (C=O) groups is 2. The Bertz CT molecular complexity index is 867. The van der Waals surface area contributed by atoms with Crippen molar-refractivity contribution in [3.63, 3.8) is 0 Å². The highest BCUT2D eigenvalue weighted by atomic mass is 16.5. The van der Waals surface area contributed by atoms with E-state index in [9.17, 15) is 9.59 Å². The Morgan fingerprint density at radius 2 is 1.20 bits per heavy atom. The van der Waals surface area contributed by atoms with Gasteiger partial charge < -0.3 is 20.1 Å². The monoisotopic (exact) mass is 408 g/mol. The van der Waals surface area contributed by atoms with E-state index in [4.69, 9.17) is 9.47 Å². The number of hydrogen-bond acceptors (Lipinski definition) is 4. The summed E-state index contributed by atoms with van der Waals surface area (Å²) in [5.74, 6) is -0.156. The number of hydrogen-bond donors (Lipinski definition) is 2. The van der Waals surface area contributed by atoms with Gasteiger partial charge in [-0.2, -0.15) is 0 Å². The van der Waals surface area contributed by atoms with Crippen molar-refractivity contribution in [3.05, 3.63) is 47.5 Å². The van der Waals surface area contributed by atoms with E-state index in [-0.39, 0.29) is 24.0 Å². The Labute approximate surface area is 177 Å². The summed E-state index contributed by atoms with van der Waals surface area (Å²) in [5, 5.41) is 5.95. The van der Waals surface area contributed by atoms with E-state index in [0.717, 1.165) is 59.3 Å². The van der Waals surface area contributed by atoms with Crippen LogP contribution in [-0.2, 0) is 19.1 Å². The van der Waals surface area contributed by atoms with E-state index < -0.39 is 0 Å². The molecular formula is C24H28N2O4. The van der Waals surface area contributed by atoms with Gasteiger partial charge in [0.2, 0.25) is 0 Å². The smallest absolute Gasteiger partial charge is 0.253 e. The van der Waals surface area contributed by atoms with Gasteiger partial charge >= 0.3 is 0 Å². The second-order valence-electron chi connectivity index (χ2n) is 8.04. The summed E-state index contributed by atoms with van der Waals surface area (Å²) in [6, 6.07) is 12.0. The summed E-state index contributed by atoms with van der Waals surface area (Å²) in [7, 11) is 0. The van der Waals surface area contributed by atoms with E-state index in [1.165, 1.54) is 0 Å². The van der Waals surface area contributed by atoms with Crippen LogP contribution in [0, 0.1) is 13.8 Å². The third kappa shape index (κ3) is 4.55. The van der Waals surface area contributed by atoms with Crippen LogP contribution in [0.2, 0.25) is 0 Å². The van der Waals surface area contributed by atoms with Gasteiger partial charge in [-0.15, -0.1) is 0 Å². The normalized spacial score (nSPS) is 20.9. The minimum atomic E-state index is -0.343. The Morgan fingerprint density at radius 3 is 1.53 bits per heavy atom. The highest BCUT2D eigenvalue weighted by Crippen LogP contribution is 2.29. The molecule has 2 saturated heterocycles. The lowest BCUT2D eigenvalue weighted by atomic mass is 9.99. The highest BCUT2D eigenvalue weighted by Gasteiger charge is 2.25. The predicted octanol–water partition coefficient (Wildman–Crippen LogP) is 4.21. The molecule has 2 fully saturated rings. The maximum Gasteiger partial charge on any atom is 0.253 e. The van der Waals surface area contributed by atoms with Crippen LogP contribution in [0.25, 0.3) is 11.1 Å².